The summed E-state index contributed by atoms with van der Waals surface area (Å²) < 4.78 is 10.5. The van der Waals surface area contributed by atoms with Crippen molar-refractivity contribution in [2.24, 2.45) is 0 Å². The molecule has 2 rings (SSSR count). The van der Waals surface area contributed by atoms with Crippen molar-refractivity contribution in [1.29, 1.82) is 0 Å². The zero-order valence-electron chi connectivity index (χ0n) is 12.9. The van der Waals surface area contributed by atoms with E-state index in [-0.39, 0.29) is 5.91 Å². The number of methoxy groups -OCH3 is 2. The number of anilines is 1. The van der Waals surface area contributed by atoms with E-state index in [0.29, 0.717) is 11.5 Å². The van der Waals surface area contributed by atoms with Crippen LogP contribution >= 0.6 is 0 Å². The lowest BCUT2D eigenvalue weighted by molar-refractivity contribution is -0.113. The Morgan fingerprint density at radius 1 is 1.05 bits per heavy atom. The van der Waals surface area contributed by atoms with Crippen LogP contribution in [0.25, 0.3) is 6.08 Å². The Balaban J connectivity index is 2.19. The average molecular weight is 297 g/mol. The van der Waals surface area contributed by atoms with Crippen molar-refractivity contribution in [3.05, 3.63) is 60.2 Å². The van der Waals surface area contributed by atoms with E-state index in [1.807, 2.05) is 48.5 Å². The predicted octanol–water partition coefficient (Wildman–Crippen LogP) is 3.38. The summed E-state index contributed by atoms with van der Waals surface area (Å²) in [4.78, 5) is 13.8. The summed E-state index contributed by atoms with van der Waals surface area (Å²) in [5.41, 5.74) is 1.63. The number of likely N-dealkylation sites (N-methyl/N-ethyl adjacent to an activating group) is 1. The maximum Gasteiger partial charge on any atom is 0.250 e. The first-order chi connectivity index (χ1) is 10.7. The zero-order valence-corrected chi connectivity index (χ0v) is 12.9. The molecule has 2 aromatic carbocycles. The number of nitrogens with zero attached hydrogens (tertiary/aromatic N) is 1. The quantitative estimate of drug-likeness (QED) is 0.794. The standard InChI is InChI=1S/C18H19NO3/c1-19(15-7-5-4-6-8-15)18(20)12-9-14-13-16(21-2)10-11-17(14)22-3/h4-13H,1-3H3/b12-9+. The number of benzene rings is 2. The second-order valence-corrected chi connectivity index (χ2v) is 4.67. The molecule has 0 radical (unpaired) electrons. The van der Waals surface area contributed by atoms with Gasteiger partial charge in [0.1, 0.15) is 11.5 Å². The van der Waals surface area contributed by atoms with Crippen molar-refractivity contribution in [3.8, 4) is 11.5 Å². The van der Waals surface area contributed by atoms with E-state index >= 15 is 0 Å². The van der Waals surface area contributed by atoms with Gasteiger partial charge in [-0.15, -0.1) is 0 Å². The number of rotatable bonds is 5. The Morgan fingerprint density at radius 3 is 2.41 bits per heavy atom. The van der Waals surface area contributed by atoms with Crippen LogP contribution in [0.1, 0.15) is 5.56 Å². The number of hydrogen-bond donors (Lipinski definition) is 0. The van der Waals surface area contributed by atoms with Gasteiger partial charge in [0, 0.05) is 24.4 Å². The molecule has 0 aliphatic heterocycles. The van der Waals surface area contributed by atoms with Crippen molar-refractivity contribution in [3.63, 3.8) is 0 Å². The molecule has 4 heteroatoms. The van der Waals surface area contributed by atoms with Gasteiger partial charge in [0.15, 0.2) is 0 Å². The van der Waals surface area contributed by atoms with Crippen molar-refractivity contribution in [1.82, 2.24) is 0 Å². The molecule has 0 heterocycles. The third-order valence-corrected chi connectivity index (χ3v) is 3.32. The van der Waals surface area contributed by atoms with Gasteiger partial charge in [0.2, 0.25) is 0 Å². The lowest BCUT2D eigenvalue weighted by atomic mass is 10.1. The van der Waals surface area contributed by atoms with Gasteiger partial charge in [-0.3, -0.25) is 4.79 Å². The van der Waals surface area contributed by atoms with Crippen molar-refractivity contribution in [2.45, 2.75) is 0 Å². The molecule has 0 saturated carbocycles. The van der Waals surface area contributed by atoms with Gasteiger partial charge in [-0.05, 0) is 36.4 Å². The van der Waals surface area contributed by atoms with E-state index in [0.717, 1.165) is 11.3 Å². The molecule has 0 atom stereocenters. The zero-order chi connectivity index (χ0) is 15.9. The molecule has 22 heavy (non-hydrogen) atoms. The summed E-state index contributed by atoms with van der Waals surface area (Å²) in [5.74, 6) is 1.28. The number of hydrogen-bond acceptors (Lipinski definition) is 3. The molecular formula is C18H19NO3. The number of para-hydroxylation sites is 1. The minimum absolute atomic E-state index is 0.115. The molecule has 0 aliphatic carbocycles. The maximum atomic E-state index is 12.2. The lowest BCUT2D eigenvalue weighted by Gasteiger charge is -2.15. The molecule has 0 aromatic heterocycles. The van der Waals surface area contributed by atoms with Crippen LogP contribution in [0.5, 0.6) is 11.5 Å². The van der Waals surface area contributed by atoms with Gasteiger partial charge < -0.3 is 14.4 Å². The second kappa shape index (κ2) is 7.31. The van der Waals surface area contributed by atoms with Crippen LogP contribution in [0, 0.1) is 0 Å². The highest BCUT2D eigenvalue weighted by Gasteiger charge is 2.08. The molecule has 2 aromatic rings. The van der Waals surface area contributed by atoms with Crippen LogP contribution in [-0.2, 0) is 4.79 Å². The number of ether oxygens (including phenoxy) is 2. The van der Waals surface area contributed by atoms with E-state index in [1.54, 1.807) is 32.2 Å². The molecule has 1 amide bonds. The van der Waals surface area contributed by atoms with Gasteiger partial charge in [-0.2, -0.15) is 0 Å². The molecule has 0 fully saturated rings. The third-order valence-electron chi connectivity index (χ3n) is 3.32. The minimum Gasteiger partial charge on any atom is -0.497 e. The number of amides is 1. The van der Waals surface area contributed by atoms with Crippen molar-refractivity contribution in [2.75, 3.05) is 26.2 Å². The third kappa shape index (κ3) is 3.67. The molecule has 0 N–H and O–H groups in total. The van der Waals surface area contributed by atoms with E-state index < -0.39 is 0 Å². The Labute approximate surface area is 130 Å². The number of carbonyl (C=O) groups is 1. The summed E-state index contributed by atoms with van der Waals surface area (Å²) in [7, 11) is 4.94. The summed E-state index contributed by atoms with van der Waals surface area (Å²) in [5, 5.41) is 0. The van der Waals surface area contributed by atoms with Gasteiger partial charge in [0.25, 0.3) is 5.91 Å². The van der Waals surface area contributed by atoms with E-state index in [2.05, 4.69) is 0 Å². The molecule has 114 valence electrons. The van der Waals surface area contributed by atoms with E-state index in [4.69, 9.17) is 9.47 Å². The molecule has 0 aliphatic rings. The normalized spacial score (nSPS) is 10.5. The molecule has 0 spiro atoms. The van der Waals surface area contributed by atoms with E-state index in [1.165, 1.54) is 6.08 Å². The highest BCUT2D eigenvalue weighted by Crippen LogP contribution is 2.25. The van der Waals surface area contributed by atoms with Crippen LogP contribution in [0.4, 0.5) is 5.69 Å². The first kappa shape index (κ1) is 15.6. The lowest BCUT2D eigenvalue weighted by Crippen LogP contribution is -2.23. The first-order valence-corrected chi connectivity index (χ1v) is 6.88. The van der Waals surface area contributed by atoms with Crippen molar-refractivity contribution < 1.29 is 14.3 Å². The molecule has 0 bridgehead atoms. The van der Waals surface area contributed by atoms with Crippen LogP contribution in [0.2, 0.25) is 0 Å². The minimum atomic E-state index is -0.115. The monoisotopic (exact) mass is 297 g/mol. The highest BCUT2D eigenvalue weighted by molar-refractivity contribution is 6.03. The van der Waals surface area contributed by atoms with Crippen LogP contribution < -0.4 is 14.4 Å². The molecule has 0 saturated heterocycles. The largest absolute Gasteiger partial charge is 0.497 e. The fraction of sp³-hybridized carbons (Fsp3) is 0.167. The molecule has 4 nitrogen and oxygen atoms in total. The summed E-state index contributed by atoms with van der Waals surface area (Å²) in [6.07, 6.45) is 3.24. The average Bonchev–Trinajstić information content (AvgIpc) is 2.59. The maximum absolute atomic E-state index is 12.2. The predicted molar refractivity (Wildman–Crippen MR) is 88.4 cm³/mol. The summed E-state index contributed by atoms with van der Waals surface area (Å²) in [6.45, 7) is 0. The summed E-state index contributed by atoms with van der Waals surface area (Å²) >= 11 is 0. The van der Waals surface area contributed by atoms with Gasteiger partial charge in [-0.25, -0.2) is 0 Å². The molecular weight excluding hydrogens is 278 g/mol. The Bertz CT molecular complexity index is 665. The van der Waals surface area contributed by atoms with Crippen molar-refractivity contribution >= 4 is 17.7 Å². The SMILES string of the molecule is COc1ccc(OC)c(/C=C/C(=O)N(C)c2ccccc2)c1. The topological polar surface area (TPSA) is 38.8 Å². The van der Waals surface area contributed by atoms with Crippen LogP contribution in [-0.4, -0.2) is 27.2 Å². The van der Waals surface area contributed by atoms with Crippen LogP contribution in [0.15, 0.2) is 54.6 Å². The second-order valence-electron chi connectivity index (χ2n) is 4.67. The fourth-order valence-corrected chi connectivity index (χ4v) is 2.02. The van der Waals surface area contributed by atoms with Crippen LogP contribution in [0.3, 0.4) is 0 Å². The fourth-order valence-electron chi connectivity index (χ4n) is 2.02. The highest BCUT2D eigenvalue weighted by atomic mass is 16.5. The van der Waals surface area contributed by atoms with E-state index in [9.17, 15) is 4.79 Å². The number of carbonyl (C=O) groups excluding carboxylic acids is 1. The Morgan fingerprint density at radius 2 is 1.77 bits per heavy atom. The van der Waals surface area contributed by atoms with Gasteiger partial charge >= 0.3 is 0 Å². The Hall–Kier alpha value is -2.75. The summed E-state index contributed by atoms with van der Waals surface area (Å²) in [6, 6.07) is 14.9. The van der Waals surface area contributed by atoms with Gasteiger partial charge in [-0.1, -0.05) is 18.2 Å². The molecule has 0 unspecified atom stereocenters. The first-order valence-electron chi connectivity index (χ1n) is 6.88. The van der Waals surface area contributed by atoms with Gasteiger partial charge in [0.05, 0.1) is 14.2 Å². The smallest absolute Gasteiger partial charge is 0.250 e. The Kier molecular flexibility index (Phi) is 5.20.